The average molecular weight is 672 g/mol. The lowest BCUT2D eigenvalue weighted by Gasteiger charge is -2.35. The van der Waals surface area contributed by atoms with E-state index in [4.69, 9.17) is 19.6 Å². The first-order chi connectivity index (χ1) is 23.9. The predicted octanol–water partition coefficient (Wildman–Crippen LogP) is 6.85. The molecule has 3 aliphatic heterocycles. The third kappa shape index (κ3) is 10.4. The summed E-state index contributed by atoms with van der Waals surface area (Å²) in [5.74, 6) is -0.526. The Morgan fingerprint density at radius 1 is 0.796 bits per heavy atom. The van der Waals surface area contributed by atoms with Crippen LogP contribution in [0.3, 0.4) is 0 Å². The number of para-hydroxylation sites is 1. The van der Waals surface area contributed by atoms with Gasteiger partial charge in [-0.3, -0.25) is 14.5 Å². The van der Waals surface area contributed by atoms with Gasteiger partial charge in [-0.1, -0.05) is 98.1 Å². The van der Waals surface area contributed by atoms with Crippen LogP contribution in [0.1, 0.15) is 75.0 Å². The van der Waals surface area contributed by atoms with E-state index in [1.807, 2.05) is 72.5 Å². The van der Waals surface area contributed by atoms with E-state index in [1.165, 1.54) is 36.0 Å². The summed E-state index contributed by atoms with van der Waals surface area (Å²) in [5.41, 5.74) is 4.85. The number of amides is 1. The van der Waals surface area contributed by atoms with Crippen molar-refractivity contribution in [3.63, 3.8) is 0 Å². The fraction of sp³-hybridized carbons (Fsp3) is 0.500. The minimum Gasteiger partial charge on any atom is -0.481 e. The zero-order valence-electron chi connectivity index (χ0n) is 29.1. The molecule has 3 heterocycles. The topological polar surface area (TPSA) is 91.8 Å². The molecule has 1 saturated carbocycles. The first kappa shape index (κ1) is 36.5. The largest absolute Gasteiger partial charge is 0.481 e. The summed E-state index contributed by atoms with van der Waals surface area (Å²) in [4.78, 5) is 41.8. The molecule has 264 valence electrons. The molecule has 3 aromatic rings. The Bertz CT molecular complexity index is 1420. The molecule has 1 saturated heterocycles. The highest BCUT2D eigenvalue weighted by molar-refractivity contribution is 5.88. The van der Waals surface area contributed by atoms with Gasteiger partial charge in [-0.15, -0.1) is 0 Å². The first-order valence-corrected chi connectivity index (χ1v) is 17.9. The molecule has 9 heteroatoms. The molecule has 0 aromatic heterocycles. The van der Waals surface area contributed by atoms with Crippen LogP contribution in [0.5, 0.6) is 0 Å². The van der Waals surface area contributed by atoms with Gasteiger partial charge in [-0.2, -0.15) is 0 Å². The summed E-state index contributed by atoms with van der Waals surface area (Å²) < 4.78 is 5.14. The van der Waals surface area contributed by atoms with Gasteiger partial charge in [0.05, 0.1) is 19.3 Å². The van der Waals surface area contributed by atoms with Gasteiger partial charge in [0.1, 0.15) is 6.04 Å². The van der Waals surface area contributed by atoms with Crippen LogP contribution in [0.25, 0.3) is 0 Å². The molecule has 4 aliphatic rings. The molecule has 0 bridgehead atoms. The zero-order valence-corrected chi connectivity index (χ0v) is 29.1. The van der Waals surface area contributed by atoms with Crippen LogP contribution >= 0.6 is 0 Å². The molecule has 3 aromatic carbocycles. The van der Waals surface area contributed by atoms with Crippen LogP contribution in [0.2, 0.25) is 0 Å². The second-order valence-electron chi connectivity index (χ2n) is 13.4. The lowest BCUT2D eigenvalue weighted by Crippen LogP contribution is -2.50. The van der Waals surface area contributed by atoms with Crippen molar-refractivity contribution >= 4 is 17.6 Å². The molecular weight excluding hydrogens is 618 g/mol. The molecule has 0 radical (unpaired) electrons. The standard InChI is InChI=1S/C21H30N2O3.C13H17NO3.C6H6/c1-16(25-26-18-10-3-2-4-11-18)23-19-12-6-5-9-17(19)15-20(23)21(24)22-13-7-8-14-22;1-17-9-14-8-11-5-3-2-4-10(11)6-12(14)7-13(15)16;1-2-4-6-5-3-1/h5-6,9,12,16,18,20H,2-4,7-8,10-11,13-15H2,1H3;2-5,12H,6-9H2,1H3,(H,15,16);1-6H/t16?,20-;12-;/m11./s1. The number of methoxy groups -OCH3 is 1. The molecular formula is C40H53N3O6. The number of carbonyl (C=O) groups excluding carboxylic acids is 1. The molecule has 49 heavy (non-hydrogen) atoms. The van der Waals surface area contributed by atoms with Crippen LogP contribution in [-0.4, -0.2) is 78.1 Å². The smallest absolute Gasteiger partial charge is 0.304 e. The van der Waals surface area contributed by atoms with Crippen molar-refractivity contribution in [3.8, 4) is 0 Å². The number of carboxylic acid groups (broad SMARTS) is 1. The number of ether oxygens (including phenoxy) is 1. The SMILES string of the molecule is CC(OOC1CCCCC1)N1c2ccccc2C[C@@H]1C(=O)N1CCCC1.COCN1Cc2ccccc2C[C@@H]1CC(=O)O.c1ccccc1. The van der Waals surface area contributed by atoms with Gasteiger partial charge in [0.15, 0.2) is 6.23 Å². The Labute approximate surface area is 291 Å². The molecule has 2 fully saturated rings. The minimum atomic E-state index is -0.754. The van der Waals surface area contributed by atoms with Gasteiger partial charge in [0.25, 0.3) is 0 Å². The summed E-state index contributed by atoms with van der Waals surface area (Å²) in [7, 11) is 1.64. The van der Waals surface area contributed by atoms with E-state index in [0.717, 1.165) is 63.8 Å². The summed E-state index contributed by atoms with van der Waals surface area (Å²) in [6, 6.07) is 28.3. The van der Waals surface area contributed by atoms with Crippen molar-refractivity contribution in [2.75, 3.05) is 31.8 Å². The first-order valence-electron chi connectivity index (χ1n) is 17.9. The van der Waals surface area contributed by atoms with E-state index in [9.17, 15) is 9.59 Å². The van der Waals surface area contributed by atoms with Crippen molar-refractivity contribution in [3.05, 3.63) is 102 Å². The quantitative estimate of drug-likeness (QED) is 0.195. The number of hydrogen-bond acceptors (Lipinski definition) is 7. The highest BCUT2D eigenvalue weighted by Crippen LogP contribution is 2.36. The van der Waals surface area contributed by atoms with Gasteiger partial charge >= 0.3 is 5.97 Å². The molecule has 9 nitrogen and oxygen atoms in total. The maximum atomic E-state index is 13.1. The Hall–Kier alpha value is -3.76. The van der Waals surface area contributed by atoms with Crippen LogP contribution < -0.4 is 4.90 Å². The van der Waals surface area contributed by atoms with E-state index in [0.29, 0.717) is 6.73 Å². The second-order valence-corrected chi connectivity index (χ2v) is 13.4. The third-order valence-electron chi connectivity index (χ3n) is 9.83. The number of carboxylic acids is 1. The van der Waals surface area contributed by atoms with E-state index >= 15 is 0 Å². The Balaban J connectivity index is 0.000000173. The fourth-order valence-corrected chi connectivity index (χ4v) is 7.33. The number of hydrogen-bond donors (Lipinski definition) is 1. The molecule has 1 N–H and O–H groups in total. The van der Waals surface area contributed by atoms with Gasteiger partial charge < -0.3 is 19.6 Å². The lowest BCUT2D eigenvalue weighted by atomic mass is 9.93. The van der Waals surface area contributed by atoms with Gasteiger partial charge in [0, 0.05) is 44.9 Å². The Kier molecular flexibility index (Phi) is 14.0. The van der Waals surface area contributed by atoms with Gasteiger partial charge in [-0.05, 0) is 61.8 Å². The van der Waals surface area contributed by atoms with Crippen LogP contribution in [0.15, 0.2) is 84.9 Å². The number of fused-ring (bicyclic) bond motifs is 2. The number of rotatable bonds is 9. The molecule has 1 amide bonds. The van der Waals surface area contributed by atoms with Crippen molar-refractivity contribution in [2.45, 2.75) is 102 Å². The minimum absolute atomic E-state index is 0.0300. The van der Waals surface area contributed by atoms with E-state index in [2.05, 4.69) is 34.1 Å². The fourth-order valence-electron chi connectivity index (χ4n) is 7.33. The van der Waals surface area contributed by atoms with Crippen molar-refractivity contribution in [1.29, 1.82) is 0 Å². The lowest BCUT2D eigenvalue weighted by molar-refractivity contribution is -0.351. The normalized spacial score (nSPS) is 21.0. The summed E-state index contributed by atoms with van der Waals surface area (Å²) >= 11 is 0. The Morgan fingerprint density at radius 2 is 1.41 bits per heavy atom. The molecule has 1 unspecified atom stereocenters. The highest BCUT2D eigenvalue weighted by Gasteiger charge is 2.40. The van der Waals surface area contributed by atoms with Crippen LogP contribution in [-0.2, 0) is 43.5 Å². The molecule has 3 atom stereocenters. The number of anilines is 1. The van der Waals surface area contributed by atoms with Gasteiger partial charge in [0.2, 0.25) is 5.91 Å². The van der Waals surface area contributed by atoms with E-state index in [1.54, 1.807) is 7.11 Å². The summed E-state index contributed by atoms with van der Waals surface area (Å²) in [5, 5.41) is 8.93. The molecule has 7 rings (SSSR count). The number of benzene rings is 3. The number of likely N-dealkylation sites (tertiary alicyclic amines) is 1. The van der Waals surface area contributed by atoms with Crippen molar-refractivity contribution in [2.24, 2.45) is 0 Å². The van der Waals surface area contributed by atoms with Gasteiger partial charge in [-0.25, -0.2) is 9.78 Å². The van der Waals surface area contributed by atoms with Crippen LogP contribution in [0, 0.1) is 0 Å². The monoisotopic (exact) mass is 671 g/mol. The van der Waals surface area contributed by atoms with Crippen molar-refractivity contribution in [1.82, 2.24) is 9.80 Å². The zero-order chi connectivity index (χ0) is 34.4. The number of carbonyl (C=O) groups is 2. The molecule has 1 aliphatic carbocycles. The predicted molar refractivity (Wildman–Crippen MR) is 191 cm³/mol. The summed E-state index contributed by atoms with van der Waals surface area (Å²) in [6.45, 7) is 5.00. The van der Waals surface area contributed by atoms with E-state index in [-0.39, 0.29) is 36.7 Å². The maximum Gasteiger partial charge on any atom is 0.304 e. The molecule has 0 spiro atoms. The van der Waals surface area contributed by atoms with Crippen molar-refractivity contribution < 1.29 is 29.2 Å². The summed E-state index contributed by atoms with van der Waals surface area (Å²) in [6.07, 6.45) is 9.70. The number of aliphatic carboxylic acids is 1. The van der Waals surface area contributed by atoms with Crippen LogP contribution in [0.4, 0.5) is 5.69 Å². The average Bonchev–Trinajstić information content (AvgIpc) is 3.82. The van der Waals surface area contributed by atoms with E-state index < -0.39 is 5.97 Å². The number of nitrogens with zero attached hydrogens (tertiary/aromatic N) is 3. The Morgan fingerprint density at radius 3 is 2.04 bits per heavy atom. The second kappa shape index (κ2) is 18.9. The maximum absolute atomic E-state index is 13.1. The highest BCUT2D eigenvalue weighted by atomic mass is 17.2. The third-order valence-corrected chi connectivity index (χ3v) is 9.83.